The van der Waals surface area contributed by atoms with E-state index < -0.39 is 17.3 Å². The molecule has 4 aromatic heterocycles. The maximum absolute atomic E-state index is 13.9. The number of aromatic nitrogens is 6. The third-order valence-corrected chi connectivity index (χ3v) is 5.59. The van der Waals surface area contributed by atoms with E-state index in [1.807, 2.05) is 0 Å². The maximum atomic E-state index is 13.9. The fourth-order valence-corrected chi connectivity index (χ4v) is 3.96. The quantitative estimate of drug-likeness (QED) is 0.560. The molecule has 6 rings (SSSR count). The molecule has 0 aromatic carbocycles. The largest absolute Gasteiger partial charge is 0.360 e. The first-order valence-electron chi connectivity index (χ1n) is 8.99. The molecule has 10 heteroatoms. The lowest BCUT2D eigenvalue weighted by molar-refractivity contribution is -0.0901. The second-order valence-electron chi connectivity index (χ2n) is 7.34. The van der Waals surface area contributed by atoms with Crippen molar-refractivity contribution >= 4 is 11.0 Å². The van der Waals surface area contributed by atoms with Crippen molar-refractivity contribution in [2.24, 2.45) is 0 Å². The van der Waals surface area contributed by atoms with E-state index in [9.17, 15) is 13.2 Å². The number of ether oxygens (including phenoxy) is 1. The van der Waals surface area contributed by atoms with Gasteiger partial charge in [-0.3, -0.25) is 14.8 Å². The average Bonchev–Trinajstić information content (AvgIpc) is 3.09. The van der Waals surface area contributed by atoms with Crippen LogP contribution in [0.3, 0.4) is 0 Å². The van der Waals surface area contributed by atoms with Crippen molar-refractivity contribution in [1.29, 1.82) is 0 Å². The molecule has 1 fully saturated rings. The van der Waals surface area contributed by atoms with E-state index in [2.05, 4.69) is 25.3 Å². The van der Waals surface area contributed by atoms with Crippen LogP contribution in [0.1, 0.15) is 12.1 Å². The van der Waals surface area contributed by atoms with Gasteiger partial charge in [0.05, 0.1) is 43.4 Å². The first kappa shape index (κ1) is 16.7. The molecule has 0 amide bonds. The number of fused-ring (bicyclic) bond motifs is 2. The first-order chi connectivity index (χ1) is 14.0. The Morgan fingerprint density at radius 3 is 2.76 bits per heavy atom. The van der Waals surface area contributed by atoms with Crippen LogP contribution in [-0.2, 0) is 17.9 Å². The minimum Gasteiger partial charge on any atom is -0.360 e. The second kappa shape index (κ2) is 5.41. The molecule has 0 unspecified atom stereocenters. The van der Waals surface area contributed by atoms with Gasteiger partial charge in [-0.1, -0.05) is 0 Å². The monoisotopic (exact) mass is 398 g/mol. The van der Waals surface area contributed by atoms with Crippen LogP contribution in [0, 0.1) is 5.82 Å². The Morgan fingerprint density at radius 1 is 1.14 bits per heavy atom. The summed E-state index contributed by atoms with van der Waals surface area (Å²) in [5.74, 6) is -3.33. The third-order valence-electron chi connectivity index (χ3n) is 5.59. The van der Waals surface area contributed by atoms with Crippen LogP contribution < -0.4 is 0 Å². The lowest BCUT2D eigenvalue weighted by Crippen LogP contribution is -2.34. The number of aromatic amines is 1. The molecule has 1 aliphatic heterocycles. The standard InChI is InChI=1S/C19H13F3N6O/c20-10-1-2-13(24-5-10)16-15(11-3-4-23-17-12(11)6-25-26-17)14-7-29-18(8-19(18,21)22)9-28(14)27-16/h1-6H,7-9H2,(H,23,25,26)/t18-/m1/s1. The lowest BCUT2D eigenvalue weighted by atomic mass is 9.99. The van der Waals surface area contributed by atoms with Crippen LogP contribution in [0.2, 0.25) is 0 Å². The minimum atomic E-state index is -2.86. The van der Waals surface area contributed by atoms with Gasteiger partial charge in [-0.25, -0.2) is 18.2 Å². The summed E-state index contributed by atoms with van der Waals surface area (Å²) in [4.78, 5) is 8.40. The summed E-state index contributed by atoms with van der Waals surface area (Å²) in [6.45, 7) is -0.0655. The zero-order valence-corrected chi connectivity index (χ0v) is 14.9. The van der Waals surface area contributed by atoms with Crippen molar-refractivity contribution in [3.8, 4) is 22.5 Å². The van der Waals surface area contributed by atoms with Crippen molar-refractivity contribution < 1.29 is 17.9 Å². The second-order valence-corrected chi connectivity index (χ2v) is 7.34. The van der Waals surface area contributed by atoms with Gasteiger partial charge in [0.1, 0.15) is 11.5 Å². The topological polar surface area (TPSA) is 81.5 Å². The Kier molecular flexibility index (Phi) is 3.11. The van der Waals surface area contributed by atoms with Crippen molar-refractivity contribution in [3.05, 3.63) is 48.3 Å². The fourth-order valence-electron chi connectivity index (χ4n) is 3.96. The van der Waals surface area contributed by atoms with Gasteiger partial charge in [0, 0.05) is 22.7 Å². The van der Waals surface area contributed by atoms with E-state index in [1.54, 1.807) is 23.1 Å². The third kappa shape index (κ3) is 2.29. The molecule has 0 radical (unpaired) electrons. The molecule has 1 spiro atoms. The summed E-state index contributed by atoms with van der Waals surface area (Å²) in [6.07, 6.45) is 4.05. The Hall–Kier alpha value is -3.27. The Labute approximate surface area is 161 Å². The van der Waals surface area contributed by atoms with Gasteiger partial charge >= 0.3 is 0 Å². The Balaban J connectivity index is 1.59. The zero-order chi connectivity index (χ0) is 19.8. The molecule has 1 atom stereocenters. The van der Waals surface area contributed by atoms with Gasteiger partial charge in [0.25, 0.3) is 5.92 Å². The predicted molar refractivity (Wildman–Crippen MR) is 95.4 cm³/mol. The van der Waals surface area contributed by atoms with Crippen LogP contribution in [0.5, 0.6) is 0 Å². The van der Waals surface area contributed by atoms with E-state index in [-0.39, 0.29) is 19.6 Å². The highest BCUT2D eigenvalue weighted by Gasteiger charge is 2.74. The number of rotatable bonds is 2. The van der Waals surface area contributed by atoms with E-state index in [0.29, 0.717) is 28.3 Å². The van der Waals surface area contributed by atoms with Crippen LogP contribution in [-0.4, -0.2) is 41.5 Å². The molecule has 0 saturated heterocycles. The number of alkyl halides is 2. The minimum absolute atomic E-state index is 0.0131. The number of pyridine rings is 2. The molecular weight excluding hydrogens is 385 g/mol. The number of hydrogen-bond acceptors (Lipinski definition) is 5. The summed E-state index contributed by atoms with van der Waals surface area (Å²) >= 11 is 0. The number of hydrogen-bond donors (Lipinski definition) is 1. The summed E-state index contributed by atoms with van der Waals surface area (Å²) in [6, 6.07) is 4.61. The molecule has 1 N–H and O–H groups in total. The van der Waals surface area contributed by atoms with Crippen molar-refractivity contribution in [1.82, 2.24) is 29.9 Å². The predicted octanol–water partition coefficient (Wildman–Crippen LogP) is 3.33. The van der Waals surface area contributed by atoms with Crippen molar-refractivity contribution in [3.63, 3.8) is 0 Å². The highest BCUT2D eigenvalue weighted by Crippen LogP contribution is 2.58. The normalized spacial score (nSPS) is 22.2. The van der Waals surface area contributed by atoms with Gasteiger partial charge in [-0.05, 0) is 18.2 Å². The smallest absolute Gasteiger partial charge is 0.281 e. The molecule has 29 heavy (non-hydrogen) atoms. The van der Waals surface area contributed by atoms with Gasteiger partial charge in [0.15, 0.2) is 11.2 Å². The number of halogens is 3. The van der Waals surface area contributed by atoms with E-state index in [4.69, 9.17) is 4.74 Å². The van der Waals surface area contributed by atoms with Crippen LogP contribution in [0.15, 0.2) is 36.8 Å². The first-order valence-corrected chi connectivity index (χ1v) is 8.99. The molecule has 1 aliphatic carbocycles. The molecule has 1 saturated carbocycles. The number of nitrogens with one attached hydrogen (secondary N) is 1. The Morgan fingerprint density at radius 2 is 2.00 bits per heavy atom. The van der Waals surface area contributed by atoms with E-state index in [0.717, 1.165) is 17.1 Å². The fraction of sp³-hybridized carbons (Fsp3) is 0.263. The van der Waals surface area contributed by atoms with Gasteiger partial charge in [-0.15, -0.1) is 0 Å². The molecule has 7 nitrogen and oxygen atoms in total. The van der Waals surface area contributed by atoms with Gasteiger partial charge in [0.2, 0.25) is 0 Å². The lowest BCUT2D eigenvalue weighted by Gasteiger charge is -2.25. The SMILES string of the molecule is Fc1ccc(-c2nn3c(c2-c2ccnc4[nH]ncc24)CO[C@@]2(C3)CC2(F)F)nc1. The molecule has 2 aliphatic rings. The maximum Gasteiger partial charge on any atom is 0.281 e. The van der Waals surface area contributed by atoms with Crippen molar-refractivity contribution in [2.75, 3.05) is 0 Å². The number of nitrogens with zero attached hydrogens (tertiary/aromatic N) is 5. The van der Waals surface area contributed by atoms with Crippen LogP contribution >= 0.6 is 0 Å². The Bertz CT molecular complexity index is 1260. The molecule has 5 heterocycles. The molecule has 0 bridgehead atoms. The van der Waals surface area contributed by atoms with Crippen molar-refractivity contribution in [2.45, 2.75) is 31.1 Å². The average molecular weight is 398 g/mol. The highest BCUT2D eigenvalue weighted by atomic mass is 19.3. The summed E-state index contributed by atoms with van der Waals surface area (Å²) < 4.78 is 48.4. The molecule has 146 valence electrons. The summed E-state index contributed by atoms with van der Waals surface area (Å²) in [5.41, 5.74) is 2.12. The van der Waals surface area contributed by atoms with Crippen LogP contribution in [0.4, 0.5) is 13.2 Å². The zero-order valence-electron chi connectivity index (χ0n) is 14.9. The summed E-state index contributed by atoms with van der Waals surface area (Å²) in [7, 11) is 0. The van der Waals surface area contributed by atoms with Gasteiger partial charge < -0.3 is 4.74 Å². The molecule has 4 aromatic rings. The highest BCUT2D eigenvalue weighted by molar-refractivity contribution is 5.97. The van der Waals surface area contributed by atoms with Crippen LogP contribution in [0.25, 0.3) is 33.5 Å². The van der Waals surface area contributed by atoms with E-state index >= 15 is 0 Å². The van der Waals surface area contributed by atoms with E-state index in [1.165, 1.54) is 12.1 Å². The molecular formula is C19H13F3N6O. The number of H-pyrrole nitrogens is 1. The summed E-state index contributed by atoms with van der Waals surface area (Å²) in [5, 5.41) is 12.2. The van der Waals surface area contributed by atoms with Gasteiger partial charge in [-0.2, -0.15) is 10.2 Å².